The average Bonchev–Trinajstić information content (AvgIpc) is 3.63. The SMILES string of the molecule is CCc1nc2ccc(-c3ccc(N4CCN(CC(=O)O)CC4)nc3)cn2c1N(C)c1nc(-c2ccc(C)cc2)c(C#N)s1. The summed E-state index contributed by atoms with van der Waals surface area (Å²) in [4.78, 5) is 32.3. The van der Waals surface area contributed by atoms with E-state index in [0.717, 1.165) is 69.9 Å². The van der Waals surface area contributed by atoms with Crippen molar-refractivity contribution in [3.63, 3.8) is 0 Å². The topological polar surface area (TPSA) is 114 Å². The first-order chi connectivity index (χ1) is 20.8. The summed E-state index contributed by atoms with van der Waals surface area (Å²) in [6.45, 7) is 7.08. The Bertz CT molecular complexity index is 1810. The zero-order valence-electron chi connectivity index (χ0n) is 24.4. The fraction of sp³-hybridized carbons (Fsp3) is 0.281. The number of hydrogen-bond donors (Lipinski definition) is 1. The van der Waals surface area contributed by atoms with Crippen LogP contribution in [0.4, 0.5) is 16.8 Å². The second kappa shape index (κ2) is 11.8. The van der Waals surface area contributed by atoms with Gasteiger partial charge in [-0.15, -0.1) is 0 Å². The van der Waals surface area contributed by atoms with Crippen LogP contribution in [0.15, 0.2) is 60.9 Å². The number of thiazole rings is 1. The molecule has 5 heterocycles. The van der Waals surface area contributed by atoms with Gasteiger partial charge in [0, 0.05) is 62.3 Å². The molecule has 1 fully saturated rings. The molecule has 0 amide bonds. The molecule has 0 unspecified atom stereocenters. The minimum Gasteiger partial charge on any atom is -0.480 e. The zero-order chi connectivity index (χ0) is 30.1. The highest BCUT2D eigenvalue weighted by molar-refractivity contribution is 7.16. The molecule has 0 bridgehead atoms. The van der Waals surface area contributed by atoms with Gasteiger partial charge in [-0.3, -0.25) is 14.1 Å². The summed E-state index contributed by atoms with van der Waals surface area (Å²) < 4.78 is 2.09. The van der Waals surface area contributed by atoms with Crippen LogP contribution in [0.1, 0.15) is 23.1 Å². The maximum atomic E-state index is 11.0. The Morgan fingerprint density at radius 1 is 1.02 bits per heavy atom. The van der Waals surface area contributed by atoms with Crippen LogP contribution >= 0.6 is 11.3 Å². The number of anilines is 3. The van der Waals surface area contributed by atoms with E-state index in [2.05, 4.69) is 40.6 Å². The van der Waals surface area contributed by atoms with Crippen LogP contribution in [0.5, 0.6) is 0 Å². The summed E-state index contributed by atoms with van der Waals surface area (Å²) in [6.07, 6.45) is 4.71. The third-order valence-corrected chi connectivity index (χ3v) is 8.82. The number of benzene rings is 1. The Balaban J connectivity index is 1.29. The number of aliphatic carboxylic acids is 1. The van der Waals surface area contributed by atoms with Gasteiger partial charge in [-0.2, -0.15) is 5.26 Å². The molecule has 0 saturated carbocycles. The largest absolute Gasteiger partial charge is 0.480 e. The zero-order valence-corrected chi connectivity index (χ0v) is 25.2. The Morgan fingerprint density at radius 2 is 1.74 bits per heavy atom. The number of fused-ring (bicyclic) bond motifs is 1. The molecule has 1 aromatic carbocycles. The molecule has 1 saturated heterocycles. The van der Waals surface area contributed by atoms with Gasteiger partial charge in [0.25, 0.3) is 0 Å². The number of aromatic nitrogens is 4. The second-order valence-corrected chi connectivity index (χ2v) is 11.6. The molecule has 43 heavy (non-hydrogen) atoms. The lowest BCUT2D eigenvalue weighted by atomic mass is 10.1. The third kappa shape index (κ3) is 5.67. The molecule has 0 aliphatic carbocycles. The molecule has 1 aliphatic heterocycles. The lowest BCUT2D eigenvalue weighted by Crippen LogP contribution is -2.48. The smallest absolute Gasteiger partial charge is 0.317 e. The van der Waals surface area contributed by atoms with Crippen LogP contribution < -0.4 is 9.80 Å². The number of nitrogens with zero attached hydrogens (tertiary/aromatic N) is 8. The molecule has 10 nitrogen and oxygen atoms in total. The number of carbonyl (C=O) groups is 1. The van der Waals surface area contributed by atoms with E-state index < -0.39 is 5.97 Å². The first-order valence-electron chi connectivity index (χ1n) is 14.2. The van der Waals surface area contributed by atoms with Crippen molar-refractivity contribution in [2.24, 2.45) is 0 Å². The maximum Gasteiger partial charge on any atom is 0.317 e. The maximum absolute atomic E-state index is 11.0. The van der Waals surface area contributed by atoms with E-state index in [1.807, 2.05) is 66.4 Å². The van der Waals surface area contributed by atoms with Crippen molar-refractivity contribution in [3.8, 4) is 28.5 Å². The van der Waals surface area contributed by atoms with Crippen LogP contribution in [-0.2, 0) is 11.2 Å². The van der Waals surface area contributed by atoms with Crippen LogP contribution in [0.2, 0.25) is 0 Å². The predicted octanol–water partition coefficient (Wildman–Crippen LogP) is 5.24. The Labute approximate surface area is 254 Å². The third-order valence-electron chi connectivity index (χ3n) is 7.78. The predicted molar refractivity (Wildman–Crippen MR) is 169 cm³/mol. The molecule has 11 heteroatoms. The summed E-state index contributed by atoms with van der Waals surface area (Å²) in [6, 6.07) is 18.6. The summed E-state index contributed by atoms with van der Waals surface area (Å²) in [7, 11) is 1.97. The van der Waals surface area contributed by atoms with Crippen molar-refractivity contribution in [3.05, 3.63) is 77.1 Å². The fourth-order valence-electron chi connectivity index (χ4n) is 5.44. The molecular weight excluding hydrogens is 560 g/mol. The molecule has 5 aromatic rings. The summed E-state index contributed by atoms with van der Waals surface area (Å²) in [5, 5.41) is 19.7. The van der Waals surface area contributed by atoms with E-state index in [1.165, 1.54) is 11.3 Å². The van der Waals surface area contributed by atoms with Crippen molar-refractivity contribution < 1.29 is 9.90 Å². The van der Waals surface area contributed by atoms with E-state index in [9.17, 15) is 10.1 Å². The Kier molecular flexibility index (Phi) is 7.80. The highest BCUT2D eigenvalue weighted by Crippen LogP contribution is 2.37. The molecule has 1 N–H and O–H groups in total. The minimum atomic E-state index is -0.795. The van der Waals surface area contributed by atoms with Crippen LogP contribution in [-0.4, -0.2) is 75.1 Å². The Morgan fingerprint density at radius 3 is 2.40 bits per heavy atom. The minimum absolute atomic E-state index is 0.0732. The standard InChI is InChI=1S/C32H32N8O2S/c1-4-25-31(37(3)32-36-30(26(17-33)43-32)22-7-5-21(2)6-8-22)40-19-24(10-12-28(40)35-25)23-9-11-27(34-18-23)39-15-13-38(14-16-39)20-29(41)42/h5-12,18-19H,4,13-16,20H2,1-3H3,(H,41,42). The van der Waals surface area contributed by atoms with Crippen molar-refractivity contribution in [1.82, 2.24) is 24.3 Å². The molecule has 1 aliphatic rings. The number of rotatable bonds is 8. The summed E-state index contributed by atoms with van der Waals surface area (Å²) in [5.41, 5.74) is 6.54. The molecule has 6 rings (SSSR count). The molecular formula is C32H32N8O2S. The van der Waals surface area contributed by atoms with Crippen LogP contribution in [0.3, 0.4) is 0 Å². The number of nitriles is 1. The van der Waals surface area contributed by atoms with Gasteiger partial charge in [0.1, 0.15) is 33.9 Å². The lowest BCUT2D eigenvalue weighted by Gasteiger charge is -2.34. The van der Waals surface area contributed by atoms with Crippen molar-refractivity contribution in [2.75, 3.05) is 49.6 Å². The number of hydrogen-bond acceptors (Lipinski definition) is 9. The summed E-state index contributed by atoms with van der Waals surface area (Å²) >= 11 is 1.38. The molecule has 218 valence electrons. The highest BCUT2D eigenvalue weighted by Gasteiger charge is 2.23. The van der Waals surface area contributed by atoms with Gasteiger partial charge in [0.15, 0.2) is 5.13 Å². The lowest BCUT2D eigenvalue weighted by molar-refractivity contribution is -0.138. The number of aryl methyl sites for hydroxylation is 2. The van der Waals surface area contributed by atoms with Gasteiger partial charge >= 0.3 is 5.97 Å². The van der Waals surface area contributed by atoms with E-state index in [1.54, 1.807) is 0 Å². The van der Waals surface area contributed by atoms with Gasteiger partial charge in [0.05, 0.1) is 12.2 Å². The van der Waals surface area contributed by atoms with Gasteiger partial charge < -0.3 is 14.9 Å². The van der Waals surface area contributed by atoms with E-state index in [4.69, 9.17) is 20.1 Å². The monoisotopic (exact) mass is 592 g/mol. The highest BCUT2D eigenvalue weighted by atomic mass is 32.1. The Hall–Kier alpha value is -4.79. The van der Waals surface area contributed by atoms with Gasteiger partial charge in [-0.05, 0) is 37.6 Å². The van der Waals surface area contributed by atoms with E-state index in [-0.39, 0.29) is 6.54 Å². The number of carboxylic acid groups (broad SMARTS) is 1. The van der Waals surface area contributed by atoms with E-state index >= 15 is 0 Å². The fourth-order valence-corrected chi connectivity index (χ4v) is 6.29. The van der Waals surface area contributed by atoms with Crippen LogP contribution in [0, 0.1) is 18.3 Å². The average molecular weight is 593 g/mol. The molecule has 0 radical (unpaired) electrons. The number of piperazine rings is 1. The normalized spacial score (nSPS) is 13.8. The van der Waals surface area contributed by atoms with E-state index in [0.29, 0.717) is 23.7 Å². The first-order valence-corrected chi connectivity index (χ1v) is 15.0. The van der Waals surface area contributed by atoms with Crippen LogP contribution in [0.25, 0.3) is 28.0 Å². The van der Waals surface area contributed by atoms with Crippen molar-refractivity contribution in [1.29, 1.82) is 5.26 Å². The van der Waals surface area contributed by atoms with Gasteiger partial charge in [-0.25, -0.2) is 15.0 Å². The molecule has 0 atom stereocenters. The van der Waals surface area contributed by atoms with Gasteiger partial charge in [0.2, 0.25) is 0 Å². The molecule has 0 spiro atoms. The number of carboxylic acids is 1. The summed E-state index contributed by atoms with van der Waals surface area (Å²) in [5.74, 6) is 1.01. The van der Waals surface area contributed by atoms with Crippen molar-refractivity contribution in [2.45, 2.75) is 20.3 Å². The van der Waals surface area contributed by atoms with Crippen molar-refractivity contribution >= 4 is 39.7 Å². The molecule has 4 aromatic heterocycles. The van der Waals surface area contributed by atoms with Gasteiger partial charge in [-0.1, -0.05) is 48.1 Å². The number of imidazole rings is 1. The number of pyridine rings is 2. The second-order valence-electron chi connectivity index (χ2n) is 10.7. The quantitative estimate of drug-likeness (QED) is 0.258. The first kappa shape index (κ1) is 28.3.